The monoisotopic (exact) mass is 209 g/mol. The molecule has 0 atom stereocenters. The summed E-state index contributed by atoms with van der Waals surface area (Å²) in [5.41, 5.74) is 1.12. The van der Waals surface area contributed by atoms with E-state index >= 15 is 0 Å². The molecular formula is C12H23N3. The van der Waals surface area contributed by atoms with E-state index in [4.69, 9.17) is 0 Å². The van der Waals surface area contributed by atoms with Crippen LogP contribution in [0.15, 0.2) is 12.3 Å². The first kappa shape index (κ1) is 12.2. The minimum absolute atomic E-state index is 0.630. The third-order valence-electron chi connectivity index (χ3n) is 2.80. The summed E-state index contributed by atoms with van der Waals surface area (Å²) in [4.78, 5) is 2.38. The molecule has 2 rings (SSSR count). The molecule has 15 heavy (non-hydrogen) atoms. The molecule has 0 saturated carbocycles. The van der Waals surface area contributed by atoms with Gasteiger partial charge in [-0.1, -0.05) is 13.8 Å². The van der Waals surface area contributed by atoms with E-state index in [0.717, 1.165) is 5.69 Å². The molecule has 1 aliphatic rings. The quantitative estimate of drug-likeness (QED) is 0.708. The van der Waals surface area contributed by atoms with Crippen molar-refractivity contribution in [2.24, 2.45) is 0 Å². The number of nitrogens with zero attached hydrogens (tertiary/aromatic N) is 3. The lowest BCUT2D eigenvalue weighted by Gasteiger charge is -2.28. The van der Waals surface area contributed by atoms with Gasteiger partial charge in [0.05, 0.1) is 11.7 Å². The first-order valence-electron chi connectivity index (χ1n) is 5.96. The number of rotatable bonds is 1. The summed E-state index contributed by atoms with van der Waals surface area (Å²) in [5, 5.41) is 4.46. The van der Waals surface area contributed by atoms with Crippen molar-refractivity contribution in [1.82, 2.24) is 14.7 Å². The van der Waals surface area contributed by atoms with Gasteiger partial charge in [0, 0.05) is 6.20 Å². The average molecular weight is 209 g/mol. The fraction of sp³-hybridized carbons (Fsp3) is 0.750. The molecule has 0 spiro atoms. The molecule has 1 aromatic heterocycles. The van der Waals surface area contributed by atoms with Crippen LogP contribution in [0.3, 0.4) is 0 Å². The van der Waals surface area contributed by atoms with E-state index in [9.17, 15) is 0 Å². The van der Waals surface area contributed by atoms with Crippen molar-refractivity contribution in [3.05, 3.63) is 18.0 Å². The zero-order valence-corrected chi connectivity index (χ0v) is 10.4. The molecule has 0 radical (unpaired) electrons. The van der Waals surface area contributed by atoms with E-state index in [0.29, 0.717) is 6.04 Å². The van der Waals surface area contributed by atoms with Crippen molar-refractivity contribution in [3.8, 4) is 0 Å². The minimum atomic E-state index is 0.630. The van der Waals surface area contributed by atoms with Gasteiger partial charge < -0.3 is 4.90 Å². The molecule has 0 unspecified atom stereocenters. The molecule has 0 aliphatic carbocycles. The highest BCUT2D eigenvalue weighted by Gasteiger charge is 2.18. The highest BCUT2D eigenvalue weighted by atomic mass is 15.3. The molecule has 0 aromatic carbocycles. The van der Waals surface area contributed by atoms with Crippen LogP contribution in [0.2, 0.25) is 0 Å². The second-order valence-electron chi connectivity index (χ2n) is 3.97. The molecule has 1 fully saturated rings. The molecule has 3 nitrogen and oxygen atoms in total. The number of likely N-dealkylation sites (tertiary alicyclic amines) is 1. The third-order valence-corrected chi connectivity index (χ3v) is 2.80. The topological polar surface area (TPSA) is 21.1 Å². The summed E-state index contributed by atoms with van der Waals surface area (Å²) in [6.07, 6.45) is 4.57. The second kappa shape index (κ2) is 5.91. The van der Waals surface area contributed by atoms with Crippen molar-refractivity contribution in [2.75, 3.05) is 20.1 Å². The van der Waals surface area contributed by atoms with Gasteiger partial charge in [0.25, 0.3) is 0 Å². The van der Waals surface area contributed by atoms with Crippen molar-refractivity contribution in [2.45, 2.75) is 39.7 Å². The van der Waals surface area contributed by atoms with Gasteiger partial charge in [0.1, 0.15) is 0 Å². The van der Waals surface area contributed by atoms with Crippen molar-refractivity contribution in [3.63, 3.8) is 0 Å². The molecule has 1 aromatic rings. The highest BCUT2D eigenvalue weighted by molar-refractivity contribution is 4.96. The summed E-state index contributed by atoms with van der Waals surface area (Å²) in [6, 6.07) is 2.71. The maximum atomic E-state index is 4.46. The molecule has 1 aliphatic heterocycles. The van der Waals surface area contributed by atoms with Crippen molar-refractivity contribution < 1.29 is 0 Å². The lowest BCUT2D eigenvalue weighted by molar-refractivity contribution is 0.212. The fourth-order valence-corrected chi connectivity index (χ4v) is 1.90. The van der Waals surface area contributed by atoms with Gasteiger partial charge >= 0.3 is 0 Å². The Morgan fingerprint density at radius 1 is 1.27 bits per heavy atom. The Morgan fingerprint density at radius 3 is 2.33 bits per heavy atom. The van der Waals surface area contributed by atoms with Gasteiger partial charge in [-0.15, -0.1) is 0 Å². The predicted molar refractivity (Wildman–Crippen MR) is 64.1 cm³/mol. The first-order chi connectivity index (χ1) is 7.25. The molecular weight excluding hydrogens is 186 g/mol. The Balaban J connectivity index is 0.000000531. The van der Waals surface area contributed by atoms with E-state index in [-0.39, 0.29) is 0 Å². The summed E-state index contributed by atoms with van der Waals surface area (Å²) in [6.45, 7) is 8.44. The van der Waals surface area contributed by atoms with E-state index in [1.54, 1.807) is 0 Å². The molecule has 1 saturated heterocycles. The average Bonchev–Trinajstić information content (AvgIpc) is 2.69. The normalized spacial score (nSPS) is 18.4. The van der Waals surface area contributed by atoms with Crippen LogP contribution in [0.4, 0.5) is 0 Å². The van der Waals surface area contributed by atoms with Gasteiger partial charge in [-0.25, -0.2) is 0 Å². The molecule has 3 heteroatoms. The second-order valence-corrected chi connectivity index (χ2v) is 3.97. The van der Waals surface area contributed by atoms with Crippen LogP contribution in [0.5, 0.6) is 0 Å². The van der Waals surface area contributed by atoms with Crippen LogP contribution in [0.25, 0.3) is 0 Å². The number of hydrogen-bond donors (Lipinski definition) is 0. The minimum Gasteiger partial charge on any atom is -0.306 e. The van der Waals surface area contributed by atoms with Gasteiger partial charge in [-0.3, -0.25) is 4.68 Å². The highest BCUT2D eigenvalue weighted by Crippen LogP contribution is 2.20. The molecule has 2 heterocycles. The van der Waals surface area contributed by atoms with Crippen LogP contribution in [-0.4, -0.2) is 34.8 Å². The van der Waals surface area contributed by atoms with Crippen LogP contribution in [0, 0.1) is 6.92 Å². The van der Waals surface area contributed by atoms with E-state index in [1.165, 1.54) is 25.9 Å². The molecule has 0 bridgehead atoms. The SMILES string of the molecule is CC.Cc1ccn(C2CCN(C)CC2)n1. The molecule has 0 amide bonds. The predicted octanol–water partition coefficient (Wildman–Crippen LogP) is 2.48. The summed E-state index contributed by atoms with van der Waals surface area (Å²) in [7, 11) is 2.19. The first-order valence-corrected chi connectivity index (χ1v) is 5.96. The number of piperidine rings is 1. The Kier molecular flexibility index (Phi) is 4.82. The summed E-state index contributed by atoms with van der Waals surface area (Å²) < 4.78 is 2.13. The van der Waals surface area contributed by atoms with Gasteiger partial charge in [-0.2, -0.15) is 5.10 Å². The molecule has 0 N–H and O–H groups in total. The zero-order valence-electron chi connectivity index (χ0n) is 10.4. The molecule has 86 valence electrons. The third kappa shape index (κ3) is 3.34. The Hall–Kier alpha value is -0.830. The standard InChI is InChI=1S/C10H17N3.C2H6/c1-9-3-8-13(11-9)10-4-6-12(2)7-5-10;1-2/h3,8,10H,4-7H2,1-2H3;1-2H3. The van der Waals surface area contributed by atoms with Crippen LogP contribution < -0.4 is 0 Å². The fourth-order valence-electron chi connectivity index (χ4n) is 1.90. The van der Waals surface area contributed by atoms with Crippen LogP contribution in [-0.2, 0) is 0 Å². The van der Waals surface area contributed by atoms with Crippen LogP contribution >= 0.6 is 0 Å². The maximum Gasteiger partial charge on any atom is 0.0593 e. The van der Waals surface area contributed by atoms with Gasteiger partial charge in [-0.05, 0) is 46.0 Å². The van der Waals surface area contributed by atoms with E-state index < -0.39 is 0 Å². The number of aromatic nitrogens is 2. The smallest absolute Gasteiger partial charge is 0.0593 e. The largest absolute Gasteiger partial charge is 0.306 e. The Morgan fingerprint density at radius 2 is 1.87 bits per heavy atom. The summed E-state index contributed by atoms with van der Waals surface area (Å²) in [5.74, 6) is 0. The lowest BCUT2D eigenvalue weighted by Crippen LogP contribution is -2.31. The number of aryl methyl sites for hydroxylation is 1. The summed E-state index contributed by atoms with van der Waals surface area (Å²) >= 11 is 0. The Labute approximate surface area is 93.1 Å². The lowest BCUT2D eigenvalue weighted by atomic mass is 10.1. The van der Waals surface area contributed by atoms with Crippen molar-refractivity contribution >= 4 is 0 Å². The van der Waals surface area contributed by atoms with Crippen LogP contribution in [0.1, 0.15) is 38.4 Å². The zero-order chi connectivity index (χ0) is 11.3. The van der Waals surface area contributed by atoms with E-state index in [1.807, 2.05) is 20.8 Å². The van der Waals surface area contributed by atoms with Gasteiger partial charge in [0.15, 0.2) is 0 Å². The number of hydrogen-bond acceptors (Lipinski definition) is 2. The maximum absolute atomic E-state index is 4.46. The van der Waals surface area contributed by atoms with Crippen molar-refractivity contribution in [1.29, 1.82) is 0 Å². The van der Waals surface area contributed by atoms with E-state index in [2.05, 4.69) is 34.0 Å². The Bertz CT molecular complexity index is 272. The van der Waals surface area contributed by atoms with Gasteiger partial charge in [0.2, 0.25) is 0 Å².